The summed E-state index contributed by atoms with van der Waals surface area (Å²) in [5.74, 6) is 0.374. The number of anilines is 3. The van der Waals surface area contributed by atoms with E-state index in [2.05, 4.69) is 25.0 Å². The monoisotopic (exact) mass is 486 g/mol. The summed E-state index contributed by atoms with van der Waals surface area (Å²) in [7, 11) is -2.76. The van der Waals surface area contributed by atoms with E-state index in [-0.39, 0.29) is 27.9 Å². The van der Waals surface area contributed by atoms with E-state index in [4.69, 9.17) is 16.3 Å². The Bertz CT molecular complexity index is 1480. The molecule has 0 amide bonds. The minimum atomic E-state index is -4.25. The smallest absolute Gasteiger partial charge is 0.270 e. The zero-order valence-corrected chi connectivity index (χ0v) is 18.5. The molecular formula is C20H15ClN6O5S. The number of sulfonamides is 1. The molecule has 11 nitrogen and oxygen atoms in total. The van der Waals surface area contributed by atoms with Crippen LogP contribution in [0.15, 0.2) is 65.7 Å². The fourth-order valence-corrected chi connectivity index (χ4v) is 4.07. The van der Waals surface area contributed by atoms with Gasteiger partial charge in [-0.05, 0) is 30.3 Å². The van der Waals surface area contributed by atoms with E-state index in [9.17, 15) is 18.5 Å². The molecule has 2 aromatic heterocycles. The number of ether oxygens (including phenoxy) is 1. The molecule has 0 aliphatic heterocycles. The number of nitro benzene ring substituents is 1. The molecule has 0 aliphatic rings. The average molecular weight is 487 g/mol. The van der Waals surface area contributed by atoms with E-state index in [0.29, 0.717) is 22.0 Å². The molecule has 0 radical (unpaired) electrons. The molecule has 0 aliphatic carbocycles. The largest absolute Gasteiger partial charge is 0.497 e. The third-order valence-corrected chi connectivity index (χ3v) is 6.10. The number of hydrogen-bond donors (Lipinski definition) is 2. The van der Waals surface area contributed by atoms with Crippen molar-refractivity contribution in [2.75, 3.05) is 17.1 Å². The topological polar surface area (TPSA) is 149 Å². The molecule has 0 fully saturated rings. The van der Waals surface area contributed by atoms with E-state index in [1.807, 2.05) is 0 Å². The molecule has 0 spiro atoms. The molecule has 33 heavy (non-hydrogen) atoms. The number of non-ortho nitro benzene ring substituents is 1. The maximum Gasteiger partial charge on any atom is 0.270 e. The lowest BCUT2D eigenvalue weighted by Crippen LogP contribution is -2.16. The molecule has 2 aromatic carbocycles. The van der Waals surface area contributed by atoms with Crippen molar-refractivity contribution in [2.45, 2.75) is 4.90 Å². The summed E-state index contributed by atoms with van der Waals surface area (Å²) in [5, 5.41) is 14.3. The lowest BCUT2D eigenvalue weighted by atomic mass is 10.3. The van der Waals surface area contributed by atoms with Gasteiger partial charge in [-0.3, -0.25) is 14.8 Å². The van der Waals surface area contributed by atoms with Crippen LogP contribution in [0.5, 0.6) is 5.75 Å². The number of fused-ring (bicyclic) bond motifs is 1. The van der Waals surface area contributed by atoms with Gasteiger partial charge in [0.1, 0.15) is 11.3 Å². The van der Waals surface area contributed by atoms with Crippen molar-refractivity contribution in [1.29, 1.82) is 0 Å². The highest BCUT2D eigenvalue weighted by atomic mass is 35.5. The SMILES string of the molecule is COc1ccc(Cl)c(Nc2nc3ncccc3nc2NS(=O)(=O)c2cccc([N+](=O)[O-])c2)c1. The van der Waals surface area contributed by atoms with Gasteiger partial charge in [0.2, 0.25) is 0 Å². The summed E-state index contributed by atoms with van der Waals surface area (Å²) in [6.45, 7) is 0. The number of nitrogens with one attached hydrogen (secondary N) is 2. The van der Waals surface area contributed by atoms with E-state index in [1.54, 1.807) is 30.3 Å². The number of halogens is 1. The van der Waals surface area contributed by atoms with Gasteiger partial charge in [0, 0.05) is 24.4 Å². The summed E-state index contributed by atoms with van der Waals surface area (Å²) in [6.07, 6.45) is 1.52. The first-order valence-corrected chi connectivity index (χ1v) is 11.1. The van der Waals surface area contributed by atoms with Crippen LogP contribution in [0.25, 0.3) is 11.2 Å². The Balaban J connectivity index is 1.80. The van der Waals surface area contributed by atoms with Gasteiger partial charge >= 0.3 is 0 Å². The molecule has 4 aromatic rings. The third-order valence-electron chi connectivity index (χ3n) is 4.44. The zero-order chi connectivity index (χ0) is 23.6. The second kappa shape index (κ2) is 8.84. The van der Waals surface area contributed by atoms with E-state index in [0.717, 1.165) is 6.07 Å². The van der Waals surface area contributed by atoms with Gasteiger partial charge < -0.3 is 10.1 Å². The predicted molar refractivity (Wildman–Crippen MR) is 123 cm³/mol. The Morgan fingerprint density at radius 1 is 1.06 bits per heavy atom. The van der Waals surface area contributed by atoms with Gasteiger partial charge in [0.25, 0.3) is 15.7 Å². The van der Waals surface area contributed by atoms with Gasteiger partial charge in [0.05, 0.1) is 27.6 Å². The first-order chi connectivity index (χ1) is 15.8. The highest BCUT2D eigenvalue weighted by Crippen LogP contribution is 2.32. The Hall–Kier alpha value is -4.03. The fourth-order valence-electron chi connectivity index (χ4n) is 2.86. The van der Waals surface area contributed by atoms with Crippen LogP contribution in [0, 0.1) is 10.1 Å². The predicted octanol–water partition coefficient (Wildman–Crippen LogP) is 4.14. The molecule has 168 valence electrons. The Morgan fingerprint density at radius 2 is 1.88 bits per heavy atom. The van der Waals surface area contributed by atoms with Crippen molar-refractivity contribution in [3.8, 4) is 5.75 Å². The van der Waals surface area contributed by atoms with Crippen molar-refractivity contribution in [1.82, 2.24) is 15.0 Å². The lowest BCUT2D eigenvalue weighted by Gasteiger charge is -2.15. The van der Waals surface area contributed by atoms with Crippen LogP contribution in [0.4, 0.5) is 23.0 Å². The van der Waals surface area contributed by atoms with Crippen molar-refractivity contribution < 1.29 is 18.1 Å². The van der Waals surface area contributed by atoms with Gasteiger partial charge in [-0.2, -0.15) is 0 Å². The van der Waals surface area contributed by atoms with Gasteiger partial charge in [-0.1, -0.05) is 17.7 Å². The van der Waals surface area contributed by atoms with Crippen LogP contribution in [-0.4, -0.2) is 35.4 Å². The number of nitro groups is 1. The van der Waals surface area contributed by atoms with Crippen LogP contribution in [0.3, 0.4) is 0 Å². The number of pyridine rings is 1. The molecule has 2 N–H and O–H groups in total. The molecule has 0 saturated carbocycles. The lowest BCUT2D eigenvalue weighted by molar-refractivity contribution is -0.385. The Kier molecular flexibility index (Phi) is 5.94. The number of benzene rings is 2. The second-order valence-electron chi connectivity index (χ2n) is 6.60. The molecular weight excluding hydrogens is 472 g/mol. The normalized spacial score (nSPS) is 11.2. The van der Waals surface area contributed by atoms with Crippen molar-refractivity contribution in [3.63, 3.8) is 0 Å². The molecule has 0 atom stereocenters. The molecule has 13 heteroatoms. The quantitative estimate of drug-likeness (QED) is 0.290. The van der Waals surface area contributed by atoms with E-state index < -0.39 is 14.9 Å². The van der Waals surface area contributed by atoms with E-state index >= 15 is 0 Å². The summed E-state index contributed by atoms with van der Waals surface area (Å²) in [5.41, 5.74) is 0.610. The summed E-state index contributed by atoms with van der Waals surface area (Å²) in [6, 6.07) is 12.8. The molecule has 2 heterocycles. The number of methoxy groups -OCH3 is 1. The zero-order valence-electron chi connectivity index (χ0n) is 16.9. The summed E-state index contributed by atoms with van der Waals surface area (Å²) < 4.78 is 33.5. The summed E-state index contributed by atoms with van der Waals surface area (Å²) in [4.78, 5) is 22.9. The Morgan fingerprint density at radius 3 is 2.64 bits per heavy atom. The first-order valence-electron chi connectivity index (χ1n) is 9.27. The highest BCUT2D eigenvalue weighted by Gasteiger charge is 2.22. The van der Waals surface area contributed by atoms with Crippen LogP contribution in [0.1, 0.15) is 0 Å². The average Bonchev–Trinajstić information content (AvgIpc) is 2.80. The van der Waals surface area contributed by atoms with Crippen molar-refractivity contribution >= 4 is 55.8 Å². The van der Waals surface area contributed by atoms with Crippen LogP contribution >= 0.6 is 11.6 Å². The van der Waals surface area contributed by atoms with Gasteiger partial charge in [-0.15, -0.1) is 0 Å². The number of nitrogens with zero attached hydrogens (tertiary/aromatic N) is 4. The van der Waals surface area contributed by atoms with E-state index in [1.165, 1.54) is 31.5 Å². The Labute approximate surface area is 192 Å². The maximum absolute atomic E-state index is 13.0. The number of aromatic nitrogens is 3. The van der Waals surface area contributed by atoms with Crippen LogP contribution < -0.4 is 14.8 Å². The maximum atomic E-state index is 13.0. The molecule has 0 saturated heterocycles. The number of hydrogen-bond acceptors (Lipinski definition) is 9. The minimum absolute atomic E-state index is 0.0189. The highest BCUT2D eigenvalue weighted by molar-refractivity contribution is 7.92. The number of rotatable bonds is 7. The minimum Gasteiger partial charge on any atom is -0.497 e. The third kappa shape index (κ3) is 4.76. The van der Waals surface area contributed by atoms with Gasteiger partial charge in [0.15, 0.2) is 17.3 Å². The van der Waals surface area contributed by atoms with Crippen LogP contribution in [-0.2, 0) is 10.0 Å². The fraction of sp³-hybridized carbons (Fsp3) is 0.0500. The first kappa shape index (κ1) is 22.2. The standard InChI is InChI=1S/C20H15ClN6O5S/c1-32-13-7-8-15(21)17(11-13)24-19-20(23-16-6-3-9-22-18(16)25-19)26-33(30,31)14-5-2-4-12(10-14)27(28)29/h2-11H,1H3,(H,23,26)(H,22,24,25). The second-order valence-corrected chi connectivity index (χ2v) is 8.69. The molecule has 0 unspecified atom stereocenters. The van der Waals surface area contributed by atoms with Crippen molar-refractivity contribution in [3.05, 3.63) is 75.9 Å². The van der Waals surface area contributed by atoms with Crippen molar-refractivity contribution in [2.24, 2.45) is 0 Å². The summed E-state index contributed by atoms with van der Waals surface area (Å²) >= 11 is 6.27. The molecule has 4 rings (SSSR count). The van der Waals surface area contributed by atoms with Gasteiger partial charge in [-0.25, -0.2) is 23.4 Å². The molecule has 0 bridgehead atoms. The van der Waals surface area contributed by atoms with Crippen LogP contribution in [0.2, 0.25) is 5.02 Å².